The molecule has 3 N–H and O–H groups in total. The largest absolute Gasteiger partial charge is 0.357 e. The number of sulfonamides is 1. The first-order valence-electron chi connectivity index (χ1n) is 10.2. The van der Waals surface area contributed by atoms with Gasteiger partial charge in [0.15, 0.2) is 5.96 Å². The average molecular weight is 551 g/mol. The molecule has 1 aliphatic heterocycles. The lowest BCUT2D eigenvalue weighted by molar-refractivity contribution is -0.128. The van der Waals surface area contributed by atoms with Crippen molar-refractivity contribution in [3.63, 3.8) is 0 Å². The molecule has 1 heterocycles. The summed E-state index contributed by atoms with van der Waals surface area (Å²) >= 11 is 0. The van der Waals surface area contributed by atoms with Crippen molar-refractivity contribution in [1.29, 1.82) is 0 Å². The third-order valence-electron chi connectivity index (χ3n) is 4.50. The Kier molecular flexibility index (Phi) is 11.6. The molecule has 1 aromatic rings. The van der Waals surface area contributed by atoms with Crippen LogP contribution in [-0.2, 0) is 27.1 Å². The van der Waals surface area contributed by atoms with E-state index in [1.807, 2.05) is 36.1 Å². The van der Waals surface area contributed by atoms with E-state index in [9.17, 15) is 13.2 Å². The van der Waals surface area contributed by atoms with Crippen LogP contribution in [0.25, 0.3) is 0 Å². The molecule has 2 rings (SSSR count). The molecule has 10 heteroatoms. The average Bonchev–Trinajstić information content (AvgIpc) is 3.18. The zero-order valence-electron chi connectivity index (χ0n) is 18.0. The normalized spacial score (nSPS) is 14.5. The van der Waals surface area contributed by atoms with E-state index < -0.39 is 10.0 Å². The van der Waals surface area contributed by atoms with Gasteiger partial charge in [-0.25, -0.2) is 18.1 Å². The van der Waals surface area contributed by atoms with Crippen molar-refractivity contribution in [1.82, 2.24) is 20.3 Å². The van der Waals surface area contributed by atoms with Gasteiger partial charge in [0.2, 0.25) is 15.9 Å². The number of benzene rings is 1. The van der Waals surface area contributed by atoms with Crippen molar-refractivity contribution in [2.24, 2.45) is 4.99 Å². The summed E-state index contributed by atoms with van der Waals surface area (Å²) in [5, 5.41) is 6.21. The molecule has 1 fully saturated rings. The Bertz CT molecular complexity index is 808. The second-order valence-corrected chi connectivity index (χ2v) is 9.19. The van der Waals surface area contributed by atoms with Gasteiger partial charge in [-0.3, -0.25) is 4.79 Å². The van der Waals surface area contributed by atoms with Crippen LogP contribution < -0.4 is 15.4 Å². The molecule has 0 saturated carbocycles. The van der Waals surface area contributed by atoms with Crippen molar-refractivity contribution >= 4 is 45.9 Å². The van der Waals surface area contributed by atoms with Crippen molar-refractivity contribution in [2.45, 2.75) is 52.0 Å². The lowest BCUT2D eigenvalue weighted by Gasteiger charge is -2.17. The van der Waals surface area contributed by atoms with Crippen molar-refractivity contribution in [3.05, 3.63) is 35.4 Å². The van der Waals surface area contributed by atoms with E-state index in [-0.39, 0.29) is 48.2 Å². The fourth-order valence-electron chi connectivity index (χ4n) is 3.20. The molecule has 0 spiro atoms. The number of carbonyl (C=O) groups excluding carboxylic acids is 1. The van der Waals surface area contributed by atoms with Gasteiger partial charge in [-0.05, 0) is 44.7 Å². The Labute approximate surface area is 197 Å². The molecular weight excluding hydrogens is 517 g/mol. The Balaban J connectivity index is 0.00000450. The van der Waals surface area contributed by atoms with Crippen LogP contribution in [0.5, 0.6) is 0 Å². The van der Waals surface area contributed by atoms with Crippen LogP contribution in [0.2, 0.25) is 0 Å². The number of amides is 1. The number of carbonyl (C=O) groups is 1. The molecule has 0 aliphatic carbocycles. The van der Waals surface area contributed by atoms with E-state index in [0.29, 0.717) is 24.6 Å². The third kappa shape index (κ3) is 9.17. The zero-order valence-corrected chi connectivity index (χ0v) is 21.1. The van der Waals surface area contributed by atoms with E-state index >= 15 is 0 Å². The van der Waals surface area contributed by atoms with E-state index in [4.69, 9.17) is 0 Å². The minimum absolute atomic E-state index is 0. The molecule has 170 valence electrons. The van der Waals surface area contributed by atoms with Crippen molar-refractivity contribution in [3.8, 4) is 0 Å². The summed E-state index contributed by atoms with van der Waals surface area (Å²) < 4.78 is 27.2. The van der Waals surface area contributed by atoms with Gasteiger partial charge in [-0.1, -0.05) is 24.3 Å². The topological polar surface area (TPSA) is 103 Å². The number of nitrogens with zero attached hydrogens (tertiary/aromatic N) is 2. The maximum absolute atomic E-state index is 12.3. The molecule has 0 aromatic heterocycles. The van der Waals surface area contributed by atoms with Crippen LogP contribution in [0.3, 0.4) is 0 Å². The highest BCUT2D eigenvalue weighted by Crippen LogP contribution is 2.14. The molecule has 1 aliphatic rings. The van der Waals surface area contributed by atoms with Crippen LogP contribution in [0, 0.1) is 0 Å². The molecule has 30 heavy (non-hydrogen) atoms. The molecule has 1 amide bonds. The molecular formula is C20H34IN5O3S. The standard InChI is InChI=1S/C20H33N5O3S.HI/c1-4-21-20(23-14-19(26)25-11-7-8-12-25)22-13-17-9-5-6-10-18(17)15-29(27,28)24-16(2)3;/h5-6,9-10,16,24H,4,7-8,11-15H2,1-3H3,(H2,21,22,23);1H. The maximum atomic E-state index is 12.3. The van der Waals surface area contributed by atoms with Gasteiger partial charge in [0.25, 0.3) is 0 Å². The second-order valence-electron chi connectivity index (χ2n) is 7.44. The maximum Gasteiger partial charge on any atom is 0.241 e. The first-order valence-corrected chi connectivity index (χ1v) is 11.8. The third-order valence-corrected chi connectivity index (χ3v) is 6.02. The number of rotatable bonds is 9. The summed E-state index contributed by atoms with van der Waals surface area (Å²) in [7, 11) is -3.42. The Morgan fingerprint density at radius 3 is 2.37 bits per heavy atom. The van der Waals surface area contributed by atoms with Crippen LogP contribution in [0.15, 0.2) is 29.3 Å². The van der Waals surface area contributed by atoms with Crippen LogP contribution in [-0.4, -0.2) is 57.4 Å². The van der Waals surface area contributed by atoms with Crippen molar-refractivity contribution < 1.29 is 13.2 Å². The number of aliphatic imine (C=N–C) groups is 1. The smallest absolute Gasteiger partial charge is 0.241 e. The van der Waals surface area contributed by atoms with Crippen LogP contribution in [0.1, 0.15) is 44.7 Å². The summed E-state index contributed by atoms with van der Waals surface area (Å²) in [6, 6.07) is 7.23. The zero-order chi connectivity index (χ0) is 21.3. The molecule has 8 nitrogen and oxygen atoms in total. The van der Waals surface area contributed by atoms with E-state index in [1.165, 1.54) is 0 Å². The first kappa shape index (κ1) is 26.6. The van der Waals surface area contributed by atoms with Gasteiger partial charge < -0.3 is 15.5 Å². The van der Waals surface area contributed by atoms with Gasteiger partial charge >= 0.3 is 0 Å². The lowest BCUT2D eigenvalue weighted by Crippen LogP contribution is -2.44. The summed E-state index contributed by atoms with van der Waals surface area (Å²) in [5.41, 5.74) is 1.55. The summed E-state index contributed by atoms with van der Waals surface area (Å²) in [6.45, 7) is 8.37. The predicted octanol–water partition coefficient (Wildman–Crippen LogP) is 1.81. The molecule has 0 atom stereocenters. The molecule has 1 aromatic carbocycles. The highest BCUT2D eigenvalue weighted by atomic mass is 127. The van der Waals surface area contributed by atoms with Crippen LogP contribution in [0.4, 0.5) is 0 Å². The highest BCUT2D eigenvalue weighted by Gasteiger charge is 2.18. The van der Waals surface area contributed by atoms with Gasteiger partial charge in [-0.15, -0.1) is 24.0 Å². The Hall–Kier alpha value is -1.40. The van der Waals surface area contributed by atoms with Crippen molar-refractivity contribution in [2.75, 3.05) is 26.2 Å². The second kappa shape index (κ2) is 13.1. The Morgan fingerprint density at radius 2 is 1.77 bits per heavy atom. The molecule has 1 saturated heterocycles. The predicted molar refractivity (Wildman–Crippen MR) is 131 cm³/mol. The van der Waals surface area contributed by atoms with Gasteiger partial charge in [0.1, 0.15) is 0 Å². The van der Waals surface area contributed by atoms with Gasteiger partial charge in [-0.2, -0.15) is 0 Å². The Morgan fingerprint density at radius 1 is 1.13 bits per heavy atom. The minimum atomic E-state index is -3.42. The van der Waals surface area contributed by atoms with E-state index in [2.05, 4.69) is 20.3 Å². The van der Waals surface area contributed by atoms with E-state index in [1.54, 1.807) is 13.8 Å². The fourth-order valence-corrected chi connectivity index (χ4v) is 4.69. The molecule has 0 unspecified atom stereocenters. The quantitative estimate of drug-likeness (QED) is 0.247. The number of hydrogen-bond acceptors (Lipinski definition) is 4. The van der Waals surface area contributed by atoms with Gasteiger partial charge in [0.05, 0.1) is 18.8 Å². The number of halogens is 1. The summed E-state index contributed by atoms with van der Waals surface area (Å²) in [5.74, 6) is 0.520. The monoisotopic (exact) mass is 551 g/mol. The SMILES string of the molecule is CCNC(=NCc1ccccc1CS(=O)(=O)NC(C)C)NCC(=O)N1CCCC1.I. The minimum Gasteiger partial charge on any atom is -0.357 e. The van der Waals surface area contributed by atoms with E-state index in [0.717, 1.165) is 31.5 Å². The number of hydrogen-bond donors (Lipinski definition) is 3. The van der Waals surface area contributed by atoms with Gasteiger partial charge in [0, 0.05) is 25.7 Å². The summed E-state index contributed by atoms with van der Waals surface area (Å²) in [4.78, 5) is 18.6. The lowest BCUT2D eigenvalue weighted by atomic mass is 10.1. The first-order chi connectivity index (χ1) is 13.8. The molecule has 0 bridgehead atoms. The fraction of sp³-hybridized carbons (Fsp3) is 0.600. The number of guanidine groups is 1. The highest BCUT2D eigenvalue weighted by molar-refractivity contribution is 14.0. The van der Waals surface area contributed by atoms with Crippen LogP contribution >= 0.6 is 24.0 Å². The number of likely N-dealkylation sites (tertiary alicyclic amines) is 1. The molecule has 0 radical (unpaired) electrons. The number of nitrogens with one attached hydrogen (secondary N) is 3. The summed E-state index contributed by atoms with van der Waals surface area (Å²) in [6.07, 6.45) is 2.12.